The van der Waals surface area contributed by atoms with Crippen molar-refractivity contribution < 1.29 is 14.1 Å². The van der Waals surface area contributed by atoms with E-state index >= 15 is 0 Å². The number of rotatable bonds is 4. The quantitative estimate of drug-likeness (QED) is 0.628. The first-order valence-corrected chi connectivity index (χ1v) is 8.88. The summed E-state index contributed by atoms with van der Waals surface area (Å²) < 4.78 is 8.87. The highest BCUT2D eigenvalue weighted by atomic mass is 32.1. The van der Waals surface area contributed by atoms with Crippen molar-refractivity contribution in [1.29, 1.82) is 0 Å². The van der Waals surface area contributed by atoms with Crippen molar-refractivity contribution in [2.45, 2.75) is 26.2 Å². The van der Waals surface area contributed by atoms with E-state index in [-0.39, 0.29) is 17.0 Å². The lowest BCUT2D eigenvalue weighted by atomic mass is 9.93. The summed E-state index contributed by atoms with van der Waals surface area (Å²) in [5.74, 6) is 0.661. The van der Waals surface area contributed by atoms with Crippen LogP contribution in [0.3, 0.4) is 0 Å². The number of hydrogen-bond donors (Lipinski definition) is 3. The molecule has 0 fully saturated rings. The van der Waals surface area contributed by atoms with Crippen LogP contribution in [-0.4, -0.2) is 26.7 Å². The molecule has 3 rings (SSSR count). The molecule has 3 aromatic rings. The summed E-state index contributed by atoms with van der Waals surface area (Å²) in [6.45, 7) is 5.97. The third-order valence-corrected chi connectivity index (χ3v) is 3.99. The number of urea groups is 1. The molecule has 0 atom stereocenters. The number of nitrogens with one attached hydrogen (secondary N) is 3. The van der Waals surface area contributed by atoms with Crippen molar-refractivity contribution in [2.75, 3.05) is 16.0 Å². The van der Waals surface area contributed by atoms with E-state index in [1.807, 2.05) is 20.8 Å². The average Bonchev–Trinajstić information content (AvgIpc) is 3.27. The number of amides is 3. The molecule has 0 unspecified atom stereocenters. The lowest BCUT2D eigenvalue weighted by molar-refractivity contribution is 0.102. The summed E-state index contributed by atoms with van der Waals surface area (Å²) in [4.78, 5) is 24.0. The molecule has 3 amide bonds. The maximum Gasteiger partial charge on any atom is 0.324 e. The molecular weight excluding hydrogens is 368 g/mol. The Morgan fingerprint density at radius 1 is 1.04 bits per heavy atom. The molecule has 0 saturated carbocycles. The second-order valence-corrected chi connectivity index (χ2v) is 7.34. The fourth-order valence-corrected chi connectivity index (χ4v) is 2.50. The third-order valence-electron chi connectivity index (χ3n) is 3.48. The fraction of sp³-hybridized carbons (Fsp3) is 0.235. The Morgan fingerprint density at radius 3 is 2.26 bits per heavy atom. The van der Waals surface area contributed by atoms with Gasteiger partial charge in [0.15, 0.2) is 11.5 Å². The van der Waals surface area contributed by atoms with Crippen LogP contribution < -0.4 is 16.0 Å². The predicted octanol–water partition coefficient (Wildman–Crippen LogP) is 3.72. The maximum atomic E-state index is 12.1. The molecule has 0 aliphatic heterocycles. The molecule has 0 aliphatic carbocycles. The van der Waals surface area contributed by atoms with Gasteiger partial charge in [-0.25, -0.2) is 4.79 Å². The van der Waals surface area contributed by atoms with Gasteiger partial charge in [0.2, 0.25) is 0 Å². The van der Waals surface area contributed by atoms with Gasteiger partial charge in [-0.15, -0.1) is 5.10 Å². The van der Waals surface area contributed by atoms with Crippen molar-refractivity contribution in [3.63, 3.8) is 0 Å². The van der Waals surface area contributed by atoms with E-state index in [0.717, 1.165) is 11.5 Å². The van der Waals surface area contributed by atoms with Crippen molar-refractivity contribution in [1.82, 2.24) is 14.7 Å². The maximum absolute atomic E-state index is 12.1. The van der Waals surface area contributed by atoms with E-state index in [1.165, 1.54) is 0 Å². The minimum Gasteiger partial charge on any atom is -0.359 e. The molecule has 140 valence electrons. The van der Waals surface area contributed by atoms with Crippen molar-refractivity contribution >= 4 is 40.7 Å². The summed E-state index contributed by atoms with van der Waals surface area (Å²) in [5.41, 5.74) is 1.19. The molecule has 0 aliphatic rings. The Labute approximate surface area is 159 Å². The normalized spacial score (nSPS) is 11.1. The largest absolute Gasteiger partial charge is 0.359 e. The van der Waals surface area contributed by atoms with Crippen LogP contribution in [0.4, 0.5) is 22.0 Å². The first-order valence-electron chi connectivity index (χ1n) is 8.05. The van der Waals surface area contributed by atoms with Crippen molar-refractivity contribution in [3.05, 3.63) is 47.2 Å². The second kappa shape index (κ2) is 7.54. The van der Waals surface area contributed by atoms with E-state index in [4.69, 9.17) is 4.52 Å². The number of nitrogens with zero attached hydrogens (tertiary/aromatic N) is 3. The molecule has 2 aromatic heterocycles. The smallest absolute Gasteiger partial charge is 0.324 e. The van der Waals surface area contributed by atoms with Crippen LogP contribution in [0.1, 0.15) is 37.0 Å². The third kappa shape index (κ3) is 4.88. The minimum absolute atomic E-state index is 0.196. The number of anilines is 3. The molecule has 9 nitrogen and oxygen atoms in total. The Bertz CT molecular complexity index is 928. The average molecular weight is 386 g/mol. The molecule has 27 heavy (non-hydrogen) atoms. The topological polar surface area (TPSA) is 122 Å². The number of aromatic nitrogens is 3. The number of benzene rings is 1. The summed E-state index contributed by atoms with van der Waals surface area (Å²) in [6, 6.07) is 7.90. The zero-order chi connectivity index (χ0) is 19.4. The van der Waals surface area contributed by atoms with Gasteiger partial charge in [-0.3, -0.25) is 10.1 Å². The molecule has 0 bridgehead atoms. The van der Waals surface area contributed by atoms with Gasteiger partial charge in [0.05, 0.1) is 0 Å². The zero-order valence-electron chi connectivity index (χ0n) is 14.9. The van der Waals surface area contributed by atoms with Crippen molar-refractivity contribution in [2.24, 2.45) is 0 Å². The summed E-state index contributed by atoms with van der Waals surface area (Å²) in [5, 5.41) is 17.1. The van der Waals surface area contributed by atoms with E-state index in [2.05, 4.69) is 30.7 Å². The number of carbonyl (C=O) groups is 2. The molecule has 0 saturated heterocycles. The molecule has 0 spiro atoms. The van der Waals surface area contributed by atoms with Crippen LogP contribution in [-0.2, 0) is 5.41 Å². The van der Waals surface area contributed by atoms with Gasteiger partial charge in [-0.05, 0) is 35.8 Å². The zero-order valence-corrected chi connectivity index (χ0v) is 15.8. The molecule has 1 aromatic carbocycles. The minimum atomic E-state index is -0.450. The van der Waals surface area contributed by atoms with Gasteiger partial charge in [0, 0.05) is 28.2 Å². The molecular formula is C17H18N6O3S. The van der Waals surface area contributed by atoms with E-state index in [0.29, 0.717) is 23.0 Å². The monoisotopic (exact) mass is 386 g/mol. The van der Waals surface area contributed by atoms with Crippen LogP contribution in [0.5, 0.6) is 0 Å². The molecule has 10 heteroatoms. The highest BCUT2D eigenvalue weighted by Gasteiger charge is 2.20. The highest BCUT2D eigenvalue weighted by Crippen LogP contribution is 2.24. The summed E-state index contributed by atoms with van der Waals surface area (Å²) in [7, 11) is 0. The SMILES string of the molecule is CC(C)(C)c1cc(NC(=O)Nc2ccc(NC(=O)c3csnn3)cc2)no1. The van der Waals surface area contributed by atoms with Gasteiger partial charge in [0.1, 0.15) is 5.76 Å². The number of carbonyl (C=O) groups excluding carboxylic acids is 2. The number of hydrogen-bond acceptors (Lipinski definition) is 7. The van der Waals surface area contributed by atoms with E-state index in [9.17, 15) is 9.59 Å². The summed E-state index contributed by atoms with van der Waals surface area (Å²) in [6.07, 6.45) is 0. The van der Waals surface area contributed by atoms with Crippen LogP contribution >= 0.6 is 11.5 Å². The first kappa shape index (κ1) is 18.5. The predicted molar refractivity (Wildman–Crippen MR) is 102 cm³/mol. The molecule has 0 radical (unpaired) electrons. The lowest BCUT2D eigenvalue weighted by Gasteiger charge is -2.12. The van der Waals surface area contributed by atoms with E-state index in [1.54, 1.807) is 35.7 Å². The van der Waals surface area contributed by atoms with Crippen LogP contribution in [0.15, 0.2) is 40.2 Å². The Balaban J connectivity index is 1.55. The van der Waals surface area contributed by atoms with Crippen LogP contribution in [0.2, 0.25) is 0 Å². The Kier molecular flexibility index (Phi) is 5.17. The molecule has 3 N–H and O–H groups in total. The van der Waals surface area contributed by atoms with Crippen LogP contribution in [0.25, 0.3) is 0 Å². The second-order valence-electron chi connectivity index (χ2n) is 6.73. The first-order chi connectivity index (χ1) is 12.8. The van der Waals surface area contributed by atoms with Gasteiger partial charge in [-0.1, -0.05) is 30.4 Å². The van der Waals surface area contributed by atoms with E-state index < -0.39 is 6.03 Å². The standard InChI is InChI=1S/C17H18N6O3S/c1-17(2,3)13-8-14(22-26-13)20-16(25)19-11-6-4-10(5-7-11)18-15(24)12-9-27-23-21-12/h4-9H,1-3H3,(H,18,24)(H2,19,20,22,25). The van der Waals surface area contributed by atoms with Gasteiger partial charge in [-0.2, -0.15) is 0 Å². The fourth-order valence-electron chi connectivity index (χ4n) is 2.06. The van der Waals surface area contributed by atoms with Crippen LogP contribution in [0, 0.1) is 0 Å². The van der Waals surface area contributed by atoms with Gasteiger partial charge < -0.3 is 15.2 Å². The molecule has 2 heterocycles. The van der Waals surface area contributed by atoms with Gasteiger partial charge >= 0.3 is 6.03 Å². The Morgan fingerprint density at radius 2 is 1.70 bits per heavy atom. The summed E-state index contributed by atoms with van der Waals surface area (Å²) >= 11 is 1.10. The highest BCUT2D eigenvalue weighted by molar-refractivity contribution is 7.03. The van der Waals surface area contributed by atoms with Gasteiger partial charge in [0.25, 0.3) is 5.91 Å². The van der Waals surface area contributed by atoms with Crippen molar-refractivity contribution in [3.8, 4) is 0 Å². The Hall–Kier alpha value is -3.27. The lowest BCUT2D eigenvalue weighted by Crippen LogP contribution is -2.19.